The summed E-state index contributed by atoms with van der Waals surface area (Å²) in [4.78, 5) is 10.8. The van der Waals surface area contributed by atoms with Gasteiger partial charge in [0.15, 0.2) is 0 Å². The SMILES string of the molecule is Cc1ccc(C(=O)O)c(CCC#N)c1. The topological polar surface area (TPSA) is 61.1 Å². The summed E-state index contributed by atoms with van der Waals surface area (Å²) in [6.07, 6.45) is 0.851. The zero-order chi connectivity index (χ0) is 10.6. The van der Waals surface area contributed by atoms with Gasteiger partial charge in [0.2, 0.25) is 0 Å². The highest BCUT2D eigenvalue weighted by Crippen LogP contribution is 2.13. The third-order valence-corrected chi connectivity index (χ3v) is 2.00. The number of rotatable bonds is 3. The smallest absolute Gasteiger partial charge is 0.335 e. The fraction of sp³-hybridized carbons (Fsp3) is 0.273. The summed E-state index contributed by atoms with van der Waals surface area (Å²) in [5, 5.41) is 17.3. The minimum atomic E-state index is -0.932. The Balaban J connectivity index is 3.04. The highest BCUT2D eigenvalue weighted by atomic mass is 16.4. The molecule has 0 aliphatic heterocycles. The van der Waals surface area contributed by atoms with Crippen molar-refractivity contribution in [1.29, 1.82) is 5.26 Å². The second kappa shape index (κ2) is 4.43. The summed E-state index contributed by atoms with van der Waals surface area (Å²) in [7, 11) is 0. The molecule has 0 unspecified atom stereocenters. The van der Waals surface area contributed by atoms with Crippen molar-refractivity contribution in [3.05, 3.63) is 34.9 Å². The minimum Gasteiger partial charge on any atom is -0.478 e. The Bertz CT molecular complexity index is 391. The van der Waals surface area contributed by atoms with Crippen LogP contribution in [0.5, 0.6) is 0 Å². The molecule has 0 atom stereocenters. The lowest BCUT2D eigenvalue weighted by molar-refractivity contribution is 0.0695. The Hall–Kier alpha value is -1.82. The maximum Gasteiger partial charge on any atom is 0.335 e. The van der Waals surface area contributed by atoms with Crippen LogP contribution in [0.2, 0.25) is 0 Å². The van der Waals surface area contributed by atoms with Gasteiger partial charge in [-0.25, -0.2) is 4.79 Å². The quantitative estimate of drug-likeness (QED) is 0.792. The molecule has 0 amide bonds. The standard InChI is InChI=1S/C11H11NO2/c1-8-4-5-10(11(13)14)9(7-8)3-2-6-12/h4-5,7H,2-3H2,1H3,(H,13,14). The molecular weight excluding hydrogens is 178 g/mol. The summed E-state index contributed by atoms with van der Waals surface area (Å²) in [5.74, 6) is -0.932. The first kappa shape index (κ1) is 10.3. The minimum absolute atomic E-state index is 0.297. The first-order chi connectivity index (χ1) is 6.65. The van der Waals surface area contributed by atoms with Crippen LogP contribution >= 0.6 is 0 Å². The second-order valence-electron chi connectivity index (χ2n) is 3.12. The number of aromatic carboxylic acids is 1. The van der Waals surface area contributed by atoms with Crippen molar-refractivity contribution in [2.75, 3.05) is 0 Å². The van der Waals surface area contributed by atoms with E-state index in [2.05, 4.69) is 0 Å². The van der Waals surface area contributed by atoms with Crippen LogP contribution in [0.1, 0.15) is 27.9 Å². The van der Waals surface area contributed by atoms with Crippen LogP contribution in [0.25, 0.3) is 0 Å². The molecule has 0 aliphatic rings. The lowest BCUT2D eigenvalue weighted by atomic mass is 10.0. The van der Waals surface area contributed by atoms with E-state index in [0.717, 1.165) is 11.1 Å². The highest BCUT2D eigenvalue weighted by molar-refractivity contribution is 5.89. The van der Waals surface area contributed by atoms with Gasteiger partial charge >= 0.3 is 5.97 Å². The second-order valence-corrected chi connectivity index (χ2v) is 3.12. The molecule has 0 saturated heterocycles. The van der Waals surface area contributed by atoms with Crippen LogP contribution in [0.15, 0.2) is 18.2 Å². The van der Waals surface area contributed by atoms with Gasteiger partial charge in [-0.15, -0.1) is 0 Å². The lowest BCUT2D eigenvalue weighted by Crippen LogP contribution is -2.02. The van der Waals surface area contributed by atoms with E-state index in [9.17, 15) is 4.79 Å². The molecule has 0 bridgehead atoms. The molecular formula is C11H11NO2. The molecule has 3 nitrogen and oxygen atoms in total. The molecule has 1 aromatic rings. The Morgan fingerprint density at radius 3 is 2.86 bits per heavy atom. The van der Waals surface area contributed by atoms with E-state index in [4.69, 9.17) is 10.4 Å². The van der Waals surface area contributed by atoms with E-state index < -0.39 is 5.97 Å². The van der Waals surface area contributed by atoms with E-state index in [1.165, 1.54) is 0 Å². The monoisotopic (exact) mass is 189 g/mol. The number of hydrogen-bond acceptors (Lipinski definition) is 2. The van der Waals surface area contributed by atoms with Crippen LogP contribution < -0.4 is 0 Å². The Labute approximate surface area is 82.6 Å². The number of aryl methyl sites for hydroxylation is 2. The highest BCUT2D eigenvalue weighted by Gasteiger charge is 2.08. The molecule has 0 fully saturated rings. The van der Waals surface area contributed by atoms with E-state index >= 15 is 0 Å². The Morgan fingerprint density at radius 2 is 2.29 bits per heavy atom. The molecule has 1 aromatic carbocycles. The third kappa shape index (κ3) is 2.33. The molecule has 0 aromatic heterocycles. The van der Waals surface area contributed by atoms with Crippen molar-refractivity contribution < 1.29 is 9.90 Å². The molecule has 0 heterocycles. The molecule has 72 valence electrons. The van der Waals surface area contributed by atoms with Crippen LogP contribution in [-0.4, -0.2) is 11.1 Å². The van der Waals surface area contributed by atoms with Gasteiger partial charge in [0.1, 0.15) is 0 Å². The maximum absolute atomic E-state index is 10.8. The first-order valence-corrected chi connectivity index (χ1v) is 4.35. The van der Waals surface area contributed by atoms with Gasteiger partial charge in [0.25, 0.3) is 0 Å². The van der Waals surface area contributed by atoms with Crippen molar-refractivity contribution in [2.24, 2.45) is 0 Å². The lowest BCUT2D eigenvalue weighted by Gasteiger charge is -2.04. The van der Waals surface area contributed by atoms with E-state index in [-0.39, 0.29) is 0 Å². The van der Waals surface area contributed by atoms with Gasteiger partial charge in [0.05, 0.1) is 11.6 Å². The maximum atomic E-state index is 10.8. The van der Waals surface area contributed by atoms with Crippen LogP contribution in [0, 0.1) is 18.3 Å². The number of benzene rings is 1. The number of nitrogens with zero attached hydrogens (tertiary/aromatic N) is 1. The van der Waals surface area contributed by atoms with Gasteiger partial charge < -0.3 is 5.11 Å². The number of carbonyl (C=O) groups is 1. The van der Waals surface area contributed by atoms with E-state index in [1.54, 1.807) is 12.1 Å². The number of carboxylic acid groups (broad SMARTS) is 1. The predicted octanol–water partition coefficient (Wildman–Crippen LogP) is 2.15. The molecule has 0 saturated carbocycles. The first-order valence-electron chi connectivity index (χ1n) is 4.35. The average molecular weight is 189 g/mol. The summed E-state index contributed by atoms with van der Waals surface area (Å²) in [6, 6.07) is 7.18. The summed E-state index contributed by atoms with van der Waals surface area (Å²) in [6.45, 7) is 1.90. The van der Waals surface area contributed by atoms with Gasteiger partial charge in [-0.1, -0.05) is 17.7 Å². The Kier molecular flexibility index (Phi) is 3.24. The molecule has 0 spiro atoms. The predicted molar refractivity (Wildman–Crippen MR) is 52.1 cm³/mol. The average Bonchev–Trinajstić information content (AvgIpc) is 2.14. The Morgan fingerprint density at radius 1 is 1.57 bits per heavy atom. The van der Waals surface area contributed by atoms with Crippen molar-refractivity contribution >= 4 is 5.97 Å². The molecule has 14 heavy (non-hydrogen) atoms. The van der Waals surface area contributed by atoms with E-state index in [1.807, 2.05) is 19.1 Å². The zero-order valence-corrected chi connectivity index (χ0v) is 7.95. The number of carboxylic acids is 1. The summed E-state index contributed by atoms with van der Waals surface area (Å²) >= 11 is 0. The van der Waals surface area contributed by atoms with Crippen LogP contribution in [0.3, 0.4) is 0 Å². The summed E-state index contributed by atoms with van der Waals surface area (Å²) in [5.41, 5.74) is 2.05. The van der Waals surface area contributed by atoms with Crippen molar-refractivity contribution in [3.63, 3.8) is 0 Å². The van der Waals surface area contributed by atoms with Gasteiger partial charge in [-0.05, 0) is 25.0 Å². The van der Waals surface area contributed by atoms with Gasteiger partial charge in [-0.3, -0.25) is 0 Å². The number of nitriles is 1. The molecule has 0 radical (unpaired) electrons. The fourth-order valence-corrected chi connectivity index (χ4v) is 1.33. The number of hydrogen-bond donors (Lipinski definition) is 1. The largest absolute Gasteiger partial charge is 0.478 e. The normalized spacial score (nSPS) is 9.43. The molecule has 1 N–H and O–H groups in total. The summed E-state index contributed by atoms with van der Waals surface area (Å²) < 4.78 is 0. The van der Waals surface area contributed by atoms with Crippen LogP contribution in [0.4, 0.5) is 0 Å². The van der Waals surface area contributed by atoms with E-state index in [0.29, 0.717) is 18.4 Å². The molecule has 3 heteroatoms. The zero-order valence-electron chi connectivity index (χ0n) is 7.95. The molecule has 0 aliphatic carbocycles. The fourth-order valence-electron chi connectivity index (χ4n) is 1.33. The van der Waals surface area contributed by atoms with Gasteiger partial charge in [0, 0.05) is 6.42 Å². The van der Waals surface area contributed by atoms with Gasteiger partial charge in [-0.2, -0.15) is 5.26 Å². The molecule has 1 rings (SSSR count). The van der Waals surface area contributed by atoms with Crippen LogP contribution in [-0.2, 0) is 6.42 Å². The third-order valence-electron chi connectivity index (χ3n) is 2.00. The van der Waals surface area contributed by atoms with Crippen molar-refractivity contribution in [1.82, 2.24) is 0 Å². The van der Waals surface area contributed by atoms with Crippen molar-refractivity contribution in [3.8, 4) is 6.07 Å². The van der Waals surface area contributed by atoms with Crippen molar-refractivity contribution in [2.45, 2.75) is 19.8 Å².